The van der Waals surface area contributed by atoms with Crippen molar-refractivity contribution in [1.29, 1.82) is 0 Å². The molecular weight excluding hydrogens is 316 g/mol. The molecule has 0 aliphatic carbocycles. The molecule has 1 aromatic rings. The number of carbonyl (C=O) groups is 2. The minimum absolute atomic E-state index is 0. The van der Waals surface area contributed by atoms with E-state index in [9.17, 15) is 9.59 Å². The van der Waals surface area contributed by atoms with E-state index in [0.29, 0.717) is 19.6 Å². The summed E-state index contributed by atoms with van der Waals surface area (Å²) >= 11 is 0. The van der Waals surface area contributed by atoms with Crippen LogP contribution in [-0.4, -0.2) is 53.5 Å². The first-order chi connectivity index (χ1) is 10.4. The van der Waals surface area contributed by atoms with Gasteiger partial charge in [0.2, 0.25) is 0 Å². The van der Waals surface area contributed by atoms with Gasteiger partial charge in [0.05, 0.1) is 0 Å². The number of nitrogens with one attached hydrogen (secondary N) is 1. The average Bonchev–Trinajstić information content (AvgIpc) is 2.66. The number of amides is 3. The Bertz CT molecular complexity index is 536. The lowest BCUT2D eigenvalue weighted by molar-refractivity contribution is -0.130. The zero-order valence-corrected chi connectivity index (χ0v) is 14.4. The predicted octanol–water partition coefficient (Wildman–Crippen LogP) is 1.20. The van der Waals surface area contributed by atoms with Crippen molar-refractivity contribution in [2.45, 2.75) is 25.9 Å². The largest absolute Gasteiger partial charge is 0.329 e. The first kappa shape index (κ1) is 19.4. The molecule has 1 aliphatic heterocycles. The normalized spacial score (nSPS) is 16.4. The average molecular weight is 341 g/mol. The fourth-order valence-corrected chi connectivity index (χ4v) is 2.56. The van der Waals surface area contributed by atoms with Crippen LogP contribution in [0.4, 0.5) is 4.79 Å². The molecule has 128 valence electrons. The second-order valence-electron chi connectivity index (χ2n) is 6.06. The van der Waals surface area contributed by atoms with E-state index in [-0.39, 0.29) is 24.3 Å². The lowest BCUT2D eigenvalue weighted by Gasteiger charge is -2.24. The van der Waals surface area contributed by atoms with E-state index in [1.54, 1.807) is 13.8 Å². The van der Waals surface area contributed by atoms with Crippen molar-refractivity contribution in [2.24, 2.45) is 5.73 Å². The van der Waals surface area contributed by atoms with Crippen LogP contribution in [-0.2, 0) is 11.3 Å². The number of nitrogens with zero attached hydrogens (tertiary/aromatic N) is 2. The Morgan fingerprint density at radius 2 is 1.83 bits per heavy atom. The van der Waals surface area contributed by atoms with Crippen molar-refractivity contribution in [3.63, 3.8) is 0 Å². The molecule has 0 saturated carbocycles. The summed E-state index contributed by atoms with van der Waals surface area (Å²) in [6.45, 7) is 6.44. The first-order valence-corrected chi connectivity index (χ1v) is 7.54. The Labute approximate surface area is 143 Å². The van der Waals surface area contributed by atoms with Crippen LogP contribution in [0, 0.1) is 0 Å². The highest BCUT2D eigenvalue weighted by atomic mass is 35.5. The lowest BCUT2D eigenvalue weighted by Crippen LogP contribution is -2.42. The Balaban J connectivity index is 0.00000264. The first-order valence-electron chi connectivity index (χ1n) is 7.54. The van der Waals surface area contributed by atoms with Crippen molar-refractivity contribution >= 4 is 24.3 Å². The third-order valence-electron chi connectivity index (χ3n) is 3.78. The Morgan fingerprint density at radius 3 is 2.35 bits per heavy atom. The van der Waals surface area contributed by atoms with Crippen molar-refractivity contribution in [3.05, 3.63) is 35.9 Å². The molecule has 0 spiro atoms. The Kier molecular flexibility index (Phi) is 7.00. The quantitative estimate of drug-likeness (QED) is 0.731. The highest BCUT2D eigenvalue weighted by Crippen LogP contribution is 2.16. The zero-order chi connectivity index (χ0) is 16.2. The van der Waals surface area contributed by atoms with E-state index in [1.165, 1.54) is 10.5 Å². The van der Waals surface area contributed by atoms with Crippen LogP contribution in [0.3, 0.4) is 0 Å². The molecular formula is C16H25ClN4O2. The molecule has 1 aromatic carbocycles. The summed E-state index contributed by atoms with van der Waals surface area (Å²) in [4.78, 5) is 27.5. The smallest absolute Gasteiger partial charge is 0.325 e. The standard InChI is InChI=1S/C16H24N4O2.ClH/c1-16(2)14(21)20(15(22)18-16)11-10-19(9-8-17)12-13-6-4-3-5-7-13;/h3-7H,8-12,17H2,1-2H3,(H,18,22);1H. The third-order valence-corrected chi connectivity index (χ3v) is 3.78. The van der Waals surface area contributed by atoms with Crippen molar-refractivity contribution < 1.29 is 9.59 Å². The fourth-order valence-electron chi connectivity index (χ4n) is 2.56. The molecule has 6 nitrogen and oxygen atoms in total. The molecule has 3 N–H and O–H groups in total. The second kappa shape index (κ2) is 8.29. The zero-order valence-electron chi connectivity index (χ0n) is 13.6. The summed E-state index contributed by atoms with van der Waals surface area (Å²) in [7, 11) is 0. The summed E-state index contributed by atoms with van der Waals surface area (Å²) in [5.74, 6) is -0.176. The number of benzene rings is 1. The van der Waals surface area contributed by atoms with Crippen LogP contribution in [0.15, 0.2) is 30.3 Å². The van der Waals surface area contributed by atoms with Gasteiger partial charge in [0.25, 0.3) is 5.91 Å². The second-order valence-corrected chi connectivity index (χ2v) is 6.06. The molecule has 2 rings (SSSR count). The molecule has 23 heavy (non-hydrogen) atoms. The van der Waals surface area contributed by atoms with Gasteiger partial charge in [0.15, 0.2) is 0 Å². The van der Waals surface area contributed by atoms with Gasteiger partial charge in [-0.05, 0) is 19.4 Å². The van der Waals surface area contributed by atoms with Gasteiger partial charge in [-0.3, -0.25) is 14.6 Å². The molecule has 1 heterocycles. The molecule has 0 unspecified atom stereocenters. The number of hydrogen-bond acceptors (Lipinski definition) is 4. The van der Waals surface area contributed by atoms with E-state index in [1.807, 2.05) is 18.2 Å². The number of hydrogen-bond donors (Lipinski definition) is 2. The van der Waals surface area contributed by atoms with E-state index in [0.717, 1.165) is 13.1 Å². The Hall–Kier alpha value is -1.63. The van der Waals surface area contributed by atoms with Crippen LogP contribution in [0.5, 0.6) is 0 Å². The summed E-state index contributed by atoms with van der Waals surface area (Å²) in [5.41, 5.74) is 6.04. The van der Waals surface area contributed by atoms with Crippen LogP contribution in [0.25, 0.3) is 0 Å². The number of imide groups is 1. The predicted molar refractivity (Wildman–Crippen MR) is 92.3 cm³/mol. The highest BCUT2D eigenvalue weighted by molar-refractivity contribution is 6.06. The maximum Gasteiger partial charge on any atom is 0.325 e. The minimum Gasteiger partial charge on any atom is -0.329 e. The molecule has 0 radical (unpaired) electrons. The Morgan fingerprint density at radius 1 is 1.17 bits per heavy atom. The minimum atomic E-state index is -0.810. The molecule has 0 bridgehead atoms. The molecule has 1 aliphatic rings. The number of nitrogens with two attached hydrogens (primary N) is 1. The van der Waals surface area contributed by atoms with Gasteiger partial charge >= 0.3 is 6.03 Å². The molecule has 7 heteroatoms. The van der Waals surface area contributed by atoms with E-state index < -0.39 is 5.54 Å². The summed E-state index contributed by atoms with van der Waals surface area (Å²) in [6.07, 6.45) is 0. The van der Waals surface area contributed by atoms with Crippen molar-refractivity contribution in [3.8, 4) is 0 Å². The fraction of sp³-hybridized carbons (Fsp3) is 0.500. The SMILES string of the molecule is CC1(C)NC(=O)N(CCN(CCN)Cc2ccccc2)C1=O.Cl. The van der Waals surface area contributed by atoms with Crippen LogP contribution < -0.4 is 11.1 Å². The maximum absolute atomic E-state index is 12.2. The van der Waals surface area contributed by atoms with Gasteiger partial charge in [0.1, 0.15) is 5.54 Å². The summed E-state index contributed by atoms with van der Waals surface area (Å²) in [6, 6.07) is 9.76. The molecule has 1 saturated heterocycles. The van der Waals surface area contributed by atoms with Gasteiger partial charge in [-0.25, -0.2) is 4.79 Å². The number of rotatable bonds is 7. The monoisotopic (exact) mass is 340 g/mol. The molecule has 1 fully saturated rings. The van der Waals surface area contributed by atoms with Crippen molar-refractivity contribution in [1.82, 2.24) is 15.1 Å². The highest BCUT2D eigenvalue weighted by Gasteiger charge is 2.43. The van der Waals surface area contributed by atoms with Crippen molar-refractivity contribution in [2.75, 3.05) is 26.2 Å². The molecule has 0 atom stereocenters. The van der Waals surface area contributed by atoms with Gasteiger partial charge in [-0.2, -0.15) is 0 Å². The van der Waals surface area contributed by atoms with E-state index >= 15 is 0 Å². The lowest BCUT2D eigenvalue weighted by atomic mass is 10.1. The van der Waals surface area contributed by atoms with Crippen LogP contribution in [0.2, 0.25) is 0 Å². The van der Waals surface area contributed by atoms with Gasteiger partial charge in [-0.1, -0.05) is 30.3 Å². The maximum atomic E-state index is 12.2. The third kappa shape index (κ3) is 4.92. The van der Waals surface area contributed by atoms with Gasteiger partial charge < -0.3 is 11.1 Å². The van der Waals surface area contributed by atoms with E-state index in [2.05, 4.69) is 22.3 Å². The molecule has 3 amide bonds. The van der Waals surface area contributed by atoms with E-state index in [4.69, 9.17) is 5.73 Å². The summed E-state index contributed by atoms with van der Waals surface area (Å²) in [5, 5.41) is 2.69. The number of carbonyl (C=O) groups excluding carboxylic acids is 2. The topological polar surface area (TPSA) is 78.7 Å². The van der Waals surface area contributed by atoms with Gasteiger partial charge in [0, 0.05) is 32.7 Å². The summed E-state index contributed by atoms with van der Waals surface area (Å²) < 4.78 is 0. The van der Waals surface area contributed by atoms with Crippen LogP contribution >= 0.6 is 12.4 Å². The number of urea groups is 1. The van der Waals surface area contributed by atoms with Gasteiger partial charge in [-0.15, -0.1) is 12.4 Å². The van der Waals surface area contributed by atoms with Crippen LogP contribution in [0.1, 0.15) is 19.4 Å². The molecule has 0 aromatic heterocycles. The number of halogens is 1.